The van der Waals surface area contributed by atoms with E-state index in [0.717, 1.165) is 87.8 Å². The number of aliphatic carboxylic acids is 1. The number of carbonyl (C=O) groups excluding carboxylic acids is 1. The minimum Gasteiger partial charge on any atom is -0.494 e. The number of rotatable bonds is 8. The van der Waals surface area contributed by atoms with E-state index in [0.29, 0.717) is 36.6 Å². The average molecular weight is 854 g/mol. The van der Waals surface area contributed by atoms with Gasteiger partial charge >= 0.3 is 5.97 Å². The third-order valence-electron chi connectivity index (χ3n) is 10.5. The lowest BCUT2D eigenvalue weighted by Crippen LogP contribution is -2.32. The number of nitrogens with zero attached hydrogens (tertiary/aromatic N) is 9. The van der Waals surface area contributed by atoms with Gasteiger partial charge in [0.2, 0.25) is 5.91 Å². The van der Waals surface area contributed by atoms with Gasteiger partial charge in [0, 0.05) is 41.9 Å². The second-order valence-electron chi connectivity index (χ2n) is 14.1. The molecule has 0 aliphatic heterocycles. The molecular formula is C38H35N11O5S4. The number of amides is 1. The molecule has 58 heavy (non-hydrogen) atoms. The van der Waals surface area contributed by atoms with Crippen LogP contribution >= 0.6 is 45.7 Å². The Labute approximate surface area is 346 Å². The van der Waals surface area contributed by atoms with Gasteiger partial charge in [-0.05, 0) is 84.8 Å². The Morgan fingerprint density at radius 1 is 0.724 bits per heavy atom. The summed E-state index contributed by atoms with van der Waals surface area (Å²) in [7, 11) is 6.88. The molecule has 16 nitrogen and oxygen atoms in total. The van der Waals surface area contributed by atoms with E-state index < -0.39 is 5.97 Å². The summed E-state index contributed by atoms with van der Waals surface area (Å²) in [6.07, 6.45) is 7.44. The third-order valence-corrected chi connectivity index (χ3v) is 14.2. The number of fused-ring (bicyclic) bond motifs is 8. The van der Waals surface area contributed by atoms with E-state index in [2.05, 4.69) is 49.7 Å². The number of hydrogen-bond acceptors (Lipinski definition) is 18. The number of thiophene rings is 2. The maximum atomic E-state index is 12.5. The van der Waals surface area contributed by atoms with E-state index in [1.54, 1.807) is 48.1 Å². The number of aryl methyl sites for hydroxylation is 2. The SMILES string of the molecule is COc1cc2nnsc2cc1Nc1ncnc2sc3c(c12)CC[C@H](C(=O)N(C)C)C3.COc1cc2nnsc2cc1Nc1ncnc2sc3c(c12)CC[C@H](C(=O)O)C3. The van der Waals surface area contributed by atoms with E-state index in [-0.39, 0.29) is 17.7 Å². The number of anilines is 4. The molecule has 2 aromatic carbocycles. The second-order valence-corrected chi connectivity index (χ2v) is 17.8. The van der Waals surface area contributed by atoms with Crippen molar-refractivity contribution in [3.63, 3.8) is 0 Å². The first kappa shape index (κ1) is 37.9. The van der Waals surface area contributed by atoms with Crippen LogP contribution in [0.4, 0.5) is 23.0 Å². The number of hydrogen-bond donors (Lipinski definition) is 3. The fourth-order valence-corrected chi connectivity index (χ4v) is 11.3. The van der Waals surface area contributed by atoms with Gasteiger partial charge in [0.05, 0.1) is 51.7 Å². The lowest BCUT2D eigenvalue weighted by Gasteiger charge is -2.24. The minimum absolute atomic E-state index is 0.0336. The Kier molecular flexibility index (Phi) is 10.2. The fourth-order valence-electron chi connectivity index (χ4n) is 7.60. The van der Waals surface area contributed by atoms with E-state index in [4.69, 9.17) is 9.47 Å². The number of ether oxygens (including phenoxy) is 2. The van der Waals surface area contributed by atoms with Gasteiger partial charge in [-0.25, -0.2) is 19.9 Å². The maximum absolute atomic E-state index is 12.5. The third kappa shape index (κ3) is 6.98. The van der Waals surface area contributed by atoms with Gasteiger partial charge in [-0.1, -0.05) is 8.98 Å². The van der Waals surface area contributed by atoms with Crippen LogP contribution in [0.15, 0.2) is 36.9 Å². The number of methoxy groups -OCH3 is 2. The molecule has 0 bridgehead atoms. The van der Waals surface area contributed by atoms with Crippen molar-refractivity contribution in [1.82, 2.24) is 44.0 Å². The normalized spacial score (nSPS) is 16.1. The van der Waals surface area contributed by atoms with Crippen molar-refractivity contribution in [2.75, 3.05) is 38.9 Å². The molecule has 0 unspecified atom stereocenters. The monoisotopic (exact) mass is 853 g/mol. The van der Waals surface area contributed by atoms with E-state index >= 15 is 0 Å². The molecule has 3 N–H and O–H groups in total. The minimum atomic E-state index is -0.733. The van der Waals surface area contributed by atoms with Crippen molar-refractivity contribution in [1.29, 1.82) is 0 Å². The molecule has 296 valence electrons. The molecule has 0 saturated heterocycles. The summed E-state index contributed by atoms with van der Waals surface area (Å²) < 4.78 is 21.0. The highest BCUT2D eigenvalue weighted by Gasteiger charge is 2.31. The van der Waals surface area contributed by atoms with Gasteiger partial charge in [0.1, 0.15) is 56.5 Å². The highest BCUT2D eigenvalue weighted by molar-refractivity contribution is 7.19. The number of carboxylic acids is 1. The molecule has 0 fully saturated rings. The summed E-state index contributed by atoms with van der Waals surface area (Å²) in [4.78, 5) is 47.6. The Balaban J connectivity index is 0.000000151. The lowest BCUT2D eigenvalue weighted by atomic mass is 9.87. The molecular weight excluding hydrogens is 819 g/mol. The lowest BCUT2D eigenvalue weighted by molar-refractivity contribution is -0.142. The second kappa shape index (κ2) is 15.6. The number of carboxylic acid groups (broad SMARTS) is 1. The van der Waals surface area contributed by atoms with Crippen LogP contribution < -0.4 is 20.1 Å². The van der Waals surface area contributed by atoms with Gasteiger partial charge in [0.25, 0.3) is 0 Å². The largest absolute Gasteiger partial charge is 0.494 e. The highest BCUT2D eigenvalue weighted by Crippen LogP contribution is 2.44. The van der Waals surface area contributed by atoms with E-state index in [1.165, 1.54) is 39.8 Å². The maximum Gasteiger partial charge on any atom is 0.306 e. The zero-order chi connectivity index (χ0) is 40.1. The Morgan fingerprint density at radius 2 is 1.21 bits per heavy atom. The van der Waals surface area contributed by atoms with Crippen molar-refractivity contribution < 1.29 is 24.2 Å². The Hall–Kier alpha value is -5.70. The molecule has 20 heteroatoms. The van der Waals surface area contributed by atoms with Crippen LogP contribution in [0.3, 0.4) is 0 Å². The van der Waals surface area contributed by atoms with Gasteiger partial charge in [-0.2, -0.15) is 0 Å². The van der Waals surface area contributed by atoms with Crippen LogP contribution in [-0.2, 0) is 35.3 Å². The van der Waals surface area contributed by atoms with E-state index in [9.17, 15) is 14.7 Å². The molecule has 2 atom stereocenters. The molecule has 0 radical (unpaired) electrons. The summed E-state index contributed by atoms with van der Waals surface area (Å²) in [5.74, 6) is 1.96. The first-order valence-electron chi connectivity index (χ1n) is 18.3. The van der Waals surface area contributed by atoms with Crippen LogP contribution in [0.25, 0.3) is 40.9 Å². The summed E-state index contributed by atoms with van der Waals surface area (Å²) >= 11 is 5.88. The first-order chi connectivity index (χ1) is 28.2. The summed E-state index contributed by atoms with van der Waals surface area (Å²) in [5.41, 5.74) is 5.58. The Morgan fingerprint density at radius 3 is 1.67 bits per heavy atom. The van der Waals surface area contributed by atoms with Crippen LogP contribution in [0.5, 0.6) is 11.5 Å². The Bertz CT molecular complexity index is 2870. The molecule has 1 amide bonds. The van der Waals surface area contributed by atoms with Gasteiger partial charge in [-0.15, -0.1) is 32.9 Å². The average Bonchev–Trinajstić information content (AvgIpc) is 4.04. The fraction of sp³-hybridized carbons (Fsp3) is 0.316. The number of benzene rings is 2. The molecule has 6 aromatic heterocycles. The molecule has 0 spiro atoms. The molecule has 6 heterocycles. The number of nitrogens with one attached hydrogen (secondary N) is 2. The standard InChI is InChI=1S/C20H20N6O2S2.C18H15N5O3S2/c1-26(2)20(27)10-4-5-11-15(6-10)29-19-17(11)18(21-9-22-19)23-12-8-16-13(24-25-30-16)7-14(12)28-3;1-26-12-5-11-14(28-23-22-11)6-10(12)21-16-15-9-3-2-8(18(24)25)4-13(9)27-17(15)20-7-19-16/h7-10H,4-6H2,1-3H3,(H,21,22,23);5-8H,2-4H2,1H3,(H,24,25)(H,19,20,21)/t10-;8-/m00/s1. The highest BCUT2D eigenvalue weighted by atomic mass is 32.1. The predicted molar refractivity (Wildman–Crippen MR) is 227 cm³/mol. The summed E-state index contributed by atoms with van der Waals surface area (Å²) in [6.45, 7) is 0. The van der Waals surface area contributed by atoms with Crippen LogP contribution in [0.1, 0.15) is 33.7 Å². The molecule has 0 saturated carbocycles. The molecule has 10 rings (SSSR count). The van der Waals surface area contributed by atoms with Crippen molar-refractivity contribution in [2.45, 2.75) is 38.5 Å². The van der Waals surface area contributed by atoms with Gasteiger partial charge in [0.15, 0.2) is 0 Å². The zero-order valence-corrected chi connectivity index (χ0v) is 34.9. The van der Waals surface area contributed by atoms with Crippen molar-refractivity contribution in [3.8, 4) is 11.5 Å². The van der Waals surface area contributed by atoms with Crippen LogP contribution in [-0.4, -0.2) is 89.3 Å². The number of aromatic nitrogens is 8. The van der Waals surface area contributed by atoms with Crippen molar-refractivity contribution in [3.05, 3.63) is 57.8 Å². The number of carbonyl (C=O) groups is 2. The summed E-state index contributed by atoms with van der Waals surface area (Å²) in [6, 6.07) is 7.66. The zero-order valence-electron chi connectivity index (χ0n) is 31.6. The van der Waals surface area contributed by atoms with Crippen molar-refractivity contribution in [2.24, 2.45) is 11.8 Å². The molecule has 8 aromatic rings. The topological polar surface area (TPSA) is 203 Å². The van der Waals surface area contributed by atoms with Crippen LogP contribution in [0.2, 0.25) is 0 Å². The summed E-state index contributed by atoms with van der Waals surface area (Å²) in [5, 5.41) is 26.4. The first-order valence-corrected chi connectivity index (χ1v) is 21.5. The smallest absolute Gasteiger partial charge is 0.306 e. The molecule has 2 aliphatic carbocycles. The quantitative estimate of drug-likeness (QED) is 0.137. The van der Waals surface area contributed by atoms with Gasteiger partial charge < -0.3 is 30.1 Å². The molecule has 2 aliphatic rings. The van der Waals surface area contributed by atoms with Crippen molar-refractivity contribution >= 4 is 121 Å². The van der Waals surface area contributed by atoms with Crippen LogP contribution in [0, 0.1) is 11.8 Å². The predicted octanol–water partition coefficient (Wildman–Crippen LogP) is 7.28. The van der Waals surface area contributed by atoms with E-state index in [1.807, 2.05) is 38.4 Å². The van der Waals surface area contributed by atoms with Gasteiger partial charge in [-0.3, -0.25) is 9.59 Å².